The van der Waals surface area contributed by atoms with Gasteiger partial charge in [-0.25, -0.2) is 8.42 Å². The molecule has 112 valence electrons. The summed E-state index contributed by atoms with van der Waals surface area (Å²) in [5.74, 6) is 1.02. The minimum atomic E-state index is -2.78. The lowest BCUT2D eigenvalue weighted by atomic mass is 9.91. The largest absolute Gasteiger partial charge is 0.310 e. The predicted octanol–water partition coefficient (Wildman–Crippen LogP) is 2.78. The van der Waals surface area contributed by atoms with E-state index in [1.165, 1.54) is 16.7 Å². The first-order chi connectivity index (χ1) is 9.41. The fourth-order valence-corrected chi connectivity index (χ4v) is 4.97. The Hall–Kier alpha value is -0.870. The molecule has 1 N–H and O–H groups in total. The maximum atomic E-state index is 11.6. The van der Waals surface area contributed by atoms with Crippen LogP contribution in [0.4, 0.5) is 0 Å². The molecule has 0 radical (unpaired) electrons. The number of benzene rings is 1. The zero-order chi connectivity index (χ0) is 14.8. The summed E-state index contributed by atoms with van der Waals surface area (Å²) in [5.41, 5.74) is 3.85. The quantitative estimate of drug-likeness (QED) is 0.908. The molecular formula is C16H25NO2S. The molecule has 2 rings (SSSR count). The second kappa shape index (κ2) is 6.27. The summed E-state index contributed by atoms with van der Waals surface area (Å²) in [5, 5.41) is 3.53. The van der Waals surface area contributed by atoms with Gasteiger partial charge in [-0.15, -0.1) is 0 Å². The van der Waals surface area contributed by atoms with Crippen LogP contribution in [0.2, 0.25) is 0 Å². The van der Waals surface area contributed by atoms with Crippen LogP contribution in [0.25, 0.3) is 0 Å². The Morgan fingerprint density at radius 2 is 2.10 bits per heavy atom. The van der Waals surface area contributed by atoms with Gasteiger partial charge in [-0.3, -0.25) is 0 Å². The summed E-state index contributed by atoms with van der Waals surface area (Å²) in [4.78, 5) is 0. The van der Waals surface area contributed by atoms with Gasteiger partial charge >= 0.3 is 0 Å². The molecule has 0 spiro atoms. The summed E-state index contributed by atoms with van der Waals surface area (Å²) in [6.45, 7) is 7.23. The van der Waals surface area contributed by atoms with Gasteiger partial charge in [0.2, 0.25) is 0 Å². The van der Waals surface area contributed by atoms with E-state index in [-0.39, 0.29) is 6.04 Å². The van der Waals surface area contributed by atoms with Gasteiger partial charge in [-0.05, 0) is 50.3 Å². The summed E-state index contributed by atoms with van der Waals surface area (Å²) >= 11 is 0. The zero-order valence-electron chi connectivity index (χ0n) is 12.6. The molecule has 0 saturated carbocycles. The first-order valence-corrected chi connectivity index (χ1v) is 9.24. The van der Waals surface area contributed by atoms with Crippen molar-refractivity contribution >= 4 is 9.84 Å². The van der Waals surface area contributed by atoms with Crippen molar-refractivity contribution in [3.8, 4) is 0 Å². The van der Waals surface area contributed by atoms with E-state index in [0.29, 0.717) is 17.4 Å². The predicted molar refractivity (Wildman–Crippen MR) is 83.7 cm³/mol. The topological polar surface area (TPSA) is 46.2 Å². The van der Waals surface area contributed by atoms with Crippen molar-refractivity contribution in [2.24, 2.45) is 5.92 Å². The van der Waals surface area contributed by atoms with Crippen LogP contribution in [0.3, 0.4) is 0 Å². The number of aryl methyl sites for hydroxylation is 2. The lowest BCUT2D eigenvalue weighted by Crippen LogP contribution is -2.24. The summed E-state index contributed by atoms with van der Waals surface area (Å²) in [7, 11) is -2.78. The van der Waals surface area contributed by atoms with E-state index in [2.05, 4.69) is 44.3 Å². The van der Waals surface area contributed by atoms with E-state index in [9.17, 15) is 8.42 Å². The highest BCUT2D eigenvalue weighted by molar-refractivity contribution is 7.91. The average Bonchev–Trinajstić information content (AvgIpc) is 2.71. The molecule has 1 saturated heterocycles. The average molecular weight is 295 g/mol. The van der Waals surface area contributed by atoms with E-state index in [1.54, 1.807) is 0 Å². The van der Waals surface area contributed by atoms with Gasteiger partial charge in [-0.1, -0.05) is 30.7 Å². The molecule has 1 aromatic carbocycles. The lowest BCUT2D eigenvalue weighted by Gasteiger charge is -2.23. The molecule has 3 nitrogen and oxygen atoms in total. The summed E-state index contributed by atoms with van der Waals surface area (Å²) in [6, 6.07) is 6.77. The highest BCUT2D eigenvalue weighted by Crippen LogP contribution is 2.30. The Kier molecular flexibility index (Phi) is 4.86. The minimum absolute atomic E-state index is 0.262. The minimum Gasteiger partial charge on any atom is -0.310 e. The Labute approximate surface area is 122 Å². The van der Waals surface area contributed by atoms with E-state index in [0.717, 1.165) is 19.4 Å². The second-order valence-corrected chi connectivity index (χ2v) is 8.20. The van der Waals surface area contributed by atoms with Crippen LogP contribution in [-0.2, 0) is 9.84 Å². The van der Waals surface area contributed by atoms with Crippen LogP contribution in [0.5, 0.6) is 0 Å². The summed E-state index contributed by atoms with van der Waals surface area (Å²) < 4.78 is 23.2. The van der Waals surface area contributed by atoms with Gasteiger partial charge in [-0.2, -0.15) is 0 Å². The third-order valence-corrected chi connectivity index (χ3v) is 5.99. The van der Waals surface area contributed by atoms with Crippen molar-refractivity contribution < 1.29 is 8.42 Å². The zero-order valence-corrected chi connectivity index (χ0v) is 13.5. The van der Waals surface area contributed by atoms with Gasteiger partial charge in [0.25, 0.3) is 0 Å². The Morgan fingerprint density at radius 1 is 1.35 bits per heavy atom. The van der Waals surface area contributed by atoms with E-state index >= 15 is 0 Å². The molecular weight excluding hydrogens is 270 g/mol. The van der Waals surface area contributed by atoms with Crippen LogP contribution in [0, 0.1) is 19.8 Å². The smallest absolute Gasteiger partial charge is 0.150 e. The molecule has 0 aliphatic carbocycles. The molecule has 1 aromatic rings. The molecule has 1 aliphatic rings. The Morgan fingerprint density at radius 3 is 2.70 bits per heavy atom. The fraction of sp³-hybridized carbons (Fsp3) is 0.625. The van der Waals surface area contributed by atoms with Crippen molar-refractivity contribution in [3.63, 3.8) is 0 Å². The fourth-order valence-electron chi connectivity index (χ4n) is 3.09. The van der Waals surface area contributed by atoms with Crippen LogP contribution < -0.4 is 5.32 Å². The molecule has 2 unspecified atom stereocenters. The lowest BCUT2D eigenvalue weighted by molar-refractivity contribution is 0.420. The highest BCUT2D eigenvalue weighted by Gasteiger charge is 2.30. The molecule has 20 heavy (non-hydrogen) atoms. The molecule has 2 atom stereocenters. The van der Waals surface area contributed by atoms with Crippen molar-refractivity contribution in [2.45, 2.75) is 39.7 Å². The third-order valence-electron chi connectivity index (χ3n) is 4.16. The normalized spacial score (nSPS) is 22.9. The SMILES string of the molecule is CCNC(CC1CCS(=O)(=O)C1)c1cc(C)ccc1C. The van der Waals surface area contributed by atoms with Crippen molar-refractivity contribution in [1.29, 1.82) is 0 Å². The molecule has 1 fully saturated rings. The standard InChI is InChI=1S/C16H25NO2S/c1-4-17-16(10-14-7-8-20(18,19)11-14)15-9-12(2)5-6-13(15)3/h5-6,9,14,16-17H,4,7-8,10-11H2,1-3H3. The molecule has 0 bridgehead atoms. The van der Waals surface area contributed by atoms with Crippen LogP contribution >= 0.6 is 0 Å². The molecule has 1 heterocycles. The van der Waals surface area contributed by atoms with Gasteiger partial charge in [0.15, 0.2) is 9.84 Å². The second-order valence-electron chi connectivity index (χ2n) is 5.98. The van der Waals surface area contributed by atoms with Gasteiger partial charge in [0, 0.05) is 6.04 Å². The molecule has 4 heteroatoms. The monoisotopic (exact) mass is 295 g/mol. The summed E-state index contributed by atoms with van der Waals surface area (Å²) in [6.07, 6.45) is 1.73. The van der Waals surface area contributed by atoms with E-state index in [4.69, 9.17) is 0 Å². The number of sulfone groups is 1. The van der Waals surface area contributed by atoms with Crippen molar-refractivity contribution in [2.75, 3.05) is 18.1 Å². The maximum absolute atomic E-state index is 11.6. The Bertz CT molecular complexity index is 566. The molecule has 0 aromatic heterocycles. The number of rotatable bonds is 5. The van der Waals surface area contributed by atoms with Crippen molar-refractivity contribution in [3.05, 3.63) is 34.9 Å². The van der Waals surface area contributed by atoms with Crippen molar-refractivity contribution in [1.82, 2.24) is 5.32 Å². The first-order valence-electron chi connectivity index (χ1n) is 7.42. The molecule has 1 aliphatic heterocycles. The highest BCUT2D eigenvalue weighted by atomic mass is 32.2. The Balaban J connectivity index is 2.17. The van der Waals surface area contributed by atoms with Crippen LogP contribution in [-0.4, -0.2) is 26.5 Å². The number of hydrogen-bond acceptors (Lipinski definition) is 3. The number of nitrogens with one attached hydrogen (secondary N) is 1. The maximum Gasteiger partial charge on any atom is 0.150 e. The van der Waals surface area contributed by atoms with E-state index in [1.807, 2.05) is 0 Å². The van der Waals surface area contributed by atoms with Crippen LogP contribution in [0.15, 0.2) is 18.2 Å². The van der Waals surface area contributed by atoms with Gasteiger partial charge in [0.05, 0.1) is 11.5 Å². The first kappa shape index (κ1) is 15.5. The van der Waals surface area contributed by atoms with Gasteiger partial charge < -0.3 is 5.32 Å². The third kappa shape index (κ3) is 3.83. The van der Waals surface area contributed by atoms with Gasteiger partial charge in [0.1, 0.15) is 0 Å². The molecule has 0 amide bonds. The number of hydrogen-bond donors (Lipinski definition) is 1. The van der Waals surface area contributed by atoms with E-state index < -0.39 is 9.84 Å². The van der Waals surface area contributed by atoms with Crippen LogP contribution in [0.1, 0.15) is 42.5 Å².